The van der Waals surface area contributed by atoms with Crippen molar-refractivity contribution >= 4 is 47.7 Å². The van der Waals surface area contributed by atoms with Crippen molar-refractivity contribution in [3.63, 3.8) is 0 Å². The predicted octanol–water partition coefficient (Wildman–Crippen LogP) is 10.2. The Morgan fingerprint density at radius 1 is 0.583 bits per heavy atom. The van der Waals surface area contributed by atoms with Gasteiger partial charge < -0.3 is 19.4 Å². The monoisotopic (exact) mass is 700 g/mol. The molecule has 0 amide bonds. The number of ether oxygens (including phenoxy) is 2. The number of carboxylic acids is 1. The highest BCUT2D eigenvalue weighted by molar-refractivity contribution is 8.18. The lowest BCUT2D eigenvalue weighted by atomic mass is 9.79. The van der Waals surface area contributed by atoms with E-state index in [1.54, 1.807) is 23.5 Å². The molecule has 0 aromatic heterocycles. The van der Waals surface area contributed by atoms with Gasteiger partial charge in [0.2, 0.25) is 0 Å². The molecule has 0 fully saturated rings. The molecular weight excluding hydrogens is 645 g/mol. The van der Waals surface area contributed by atoms with Crippen molar-refractivity contribution in [1.29, 1.82) is 0 Å². The molecule has 2 aromatic carbocycles. The van der Waals surface area contributed by atoms with Gasteiger partial charge in [0.15, 0.2) is 0 Å². The Labute approximate surface area is 296 Å². The maximum absolute atomic E-state index is 12.8. The summed E-state index contributed by atoms with van der Waals surface area (Å²) in [5, 5.41) is 9.09. The van der Waals surface area contributed by atoms with Gasteiger partial charge in [-0.2, -0.15) is 0 Å². The van der Waals surface area contributed by atoms with Crippen molar-refractivity contribution in [2.75, 3.05) is 0 Å². The Morgan fingerprint density at radius 3 is 1.17 bits per heavy atom. The fraction of sp³-hybridized carbons (Fsp3) is 0.590. The van der Waals surface area contributed by atoms with Crippen LogP contribution in [0.3, 0.4) is 0 Å². The quantitative estimate of drug-likeness (QED) is 0.0761. The third-order valence-electron chi connectivity index (χ3n) is 7.53. The zero-order chi connectivity index (χ0) is 37.0. The third-order valence-corrected chi connectivity index (χ3v) is 9.95. The molecule has 0 atom stereocenters. The van der Waals surface area contributed by atoms with Crippen molar-refractivity contribution in [1.82, 2.24) is 0 Å². The molecule has 0 spiro atoms. The van der Waals surface area contributed by atoms with E-state index in [2.05, 4.69) is 121 Å². The molecule has 0 saturated heterocycles. The standard InChI is InChI=1S/C39H56O7S2/c1-35(2,3)26-20-24(21-27(36(4,5)6)33(26)45-31(43)16-15-19-40)47-39(13,14)48-25-22-28(37(7,8)9)34(29(23-25)38(10,11)12)46-32(44)18-17-30(41)42/h19-23H,15-18H2,1-14H3,(H,41,42). The van der Waals surface area contributed by atoms with Crippen LogP contribution in [-0.4, -0.2) is 33.4 Å². The van der Waals surface area contributed by atoms with Crippen LogP contribution < -0.4 is 9.47 Å². The highest BCUT2D eigenvalue weighted by atomic mass is 32.2. The lowest BCUT2D eigenvalue weighted by molar-refractivity contribution is -0.142. The van der Waals surface area contributed by atoms with Crippen LogP contribution in [-0.2, 0) is 40.8 Å². The molecule has 0 aliphatic carbocycles. The zero-order valence-electron chi connectivity index (χ0n) is 31.4. The molecule has 0 aliphatic rings. The lowest BCUT2D eigenvalue weighted by Gasteiger charge is -2.33. The number of hydrogen-bond donors (Lipinski definition) is 1. The number of carbonyl (C=O) groups excluding carboxylic acids is 3. The van der Waals surface area contributed by atoms with E-state index >= 15 is 0 Å². The summed E-state index contributed by atoms with van der Waals surface area (Å²) in [4.78, 5) is 49.6. The van der Waals surface area contributed by atoms with Crippen LogP contribution in [0.5, 0.6) is 11.5 Å². The number of rotatable bonds is 12. The van der Waals surface area contributed by atoms with Gasteiger partial charge in [-0.25, -0.2) is 0 Å². The molecule has 2 aromatic rings. The van der Waals surface area contributed by atoms with Gasteiger partial charge in [-0.15, -0.1) is 23.5 Å². The van der Waals surface area contributed by atoms with Gasteiger partial charge in [-0.05, 0) is 59.8 Å². The summed E-state index contributed by atoms with van der Waals surface area (Å²) >= 11 is 3.45. The van der Waals surface area contributed by atoms with E-state index in [0.29, 0.717) is 11.5 Å². The first-order chi connectivity index (χ1) is 21.7. The molecule has 48 heavy (non-hydrogen) atoms. The Morgan fingerprint density at radius 2 is 0.896 bits per heavy atom. The minimum absolute atomic E-state index is 0.0320. The van der Waals surface area contributed by atoms with Crippen LogP contribution in [0.4, 0.5) is 0 Å². The number of carbonyl (C=O) groups is 4. The second-order valence-electron chi connectivity index (χ2n) is 16.8. The minimum Gasteiger partial charge on any atom is -0.481 e. The molecule has 0 saturated carbocycles. The summed E-state index contributed by atoms with van der Waals surface area (Å²) in [6.07, 6.45) is 0.394. The van der Waals surface area contributed by atoms with Gasteiger partial charge >= 0.3 is 17.9 Å². The smallest absolute Gasteiger partial charge is 0.311 e. The molecule has 0 heterocycles. The summed E-state index contributed by atoms with van der Waals surface area (Å²) in [7, 11) is 0. The molecule has 2 rings (SSSR count). The Hall–Kier alpha value is -2.78. The van der Waals surface area contributed by atoms with E-state index in [-0.39, 0.29) is 51.4 Å². The zero-order valence-corrected chi connectivity index (χ0v) is 33.1. The summed E-state index contributed by atoms with van der Waals surface area (Å²) in [5.41, 5.74) is 2.25. The van der Waals surface area contributed by atoms with Gasteiger partial charge in [0.05, 0.1) is 23.3 Å². The van der Waals surface area contributed by atoms with Crippen molar-refractivity contribution < 1.29 is 33.8 Å². The third kappa shape index (κ3) is 12.0. The summed E-state index contributed by atoms with van der Waals surface area (Å²) in [6, 6.07) is 8.41. The number of carboxylic acid groups (broad SMARTS) is 1. The van der Waals surface area contributed by atoms with E-state index in [1.807, 2.05) is 0 Å². The second-order valence-corrected chi connectivity index (χ2v) is 20.5. The van der Waals surface area contributed by atoms with Crippen LogP contribution in [0.25, 0.3) is 0 Å². The van der Waals surface area contributed by atoms with Crippen LogP contribution in [0.1, 0.15) is 145 Å². The number of aliphatic carboxylic acids is 1. The van der Waals surface area contributed by atoms with Crippen molar-refractivity contribution in [2.45, 2.75) is 158 Å². The van der Waals surface area contributed by atoms with Gasteiger partial charge in [-0.1, -0.05) is 83.1 Å². The summed E-state index contributed by atoms with van der Waals surface area (Å²) in [6.45, 7) is 29.4. The van der Waals surface area contributed by atoms with Gasteiger partial charge in [0, 0.05) is 38.5 Å². The average molecular weight is 701 g/mol. The number of aldehydes is 1. The van der Waals surface area contributed by atoms with E-state index in [1.165, 1.54) is 0 Å². The lowest BCUT2D eigenvalue weighted by Crippen LogP contribution is -2.23. The van der Waals surface area contributed by atoms with Gasteiger partial charge in [0.25, 0.3) is 0 Å². The molecular formula is C39H56O7S2. The Kier molecular flexibility index (Phi) is 13.3. The molecule has 0 unspecified atom stereocenters. The molecule has 0 bridgehead atoms. The number of hydrogen-bond acceptors (Lipinski definition) is 8. The maximum atomic E-state index is 12.8. The van der Waals surface area contributed by atoms with Gasteiger partial charge in [0.1, 0.15) is 17.8 Å². The second kappa shape index (κ2) is 15.4. The first-order valence-corrected chi connectivity index (χ1v) is 18.1. The normalized spacial score (nSPS) is 12.9. The summed E-state index contributed by atoms with van der Waals surface area (Å²) < 4.78 is 11.6. The molecule has 7 nitrogen and oxygen atoms in total. The van der Waals surface area contributed by atoms with E-state index in [0.717, 1.165) is 38.3 Å². The van der Waals surface area contributed by atoms with E-state index in [9.17, 15) is 19.2 Å². The first kappa shape index (κ1) is 41.4. The highest BCUT2D eigenvalue weighted by Gasteiger charge is 2.33. The van der Waals surface area contributed by atoms with Crippen LogP contribution in [0.15, 0.2) is 34.1 Å². The predicted molar refractivity (Wildman–Crippen MR) is 197 cm³/mol. The molecule has 0 radical (unpaired) electrons. The summed E-state index contributed by atoms with van der Waals surface area (Å²) in [5.74, 6) is -0.955. The minimum atomic E-state index is -1.04. The largest absolute Gasteiger partial charge is 0.481 e. The topological polar surface area (TPSA) is 107 Å². The van der Waals surface area contributed by atoms with Crippen LogP contribution in [0.2, 0.25) is 0 Å². The van der Waals surface area contributed by atoms with Gasteiger partial charge in [-0.3, -0.25) is 14.4 Å². The first-order valence-electron chi connectivity index (χ1n) is 16.5. The number of benzene rings is 2. The van der Waals surface area contributed by atoms with Crippen molar-refractivity contribution in [3.05, 3.63) is 46.5 Å². The highest BCUT2D eigenvalue weighted by Crippen LogP contribution is 2.51. The number of esters is 2. The SMILES string of the molecule is CC(C)(Sc1cc(C(C)(C)C)c(OC(=O)CCC=O)c(C(C)(C)C)c1)Sc1cc(C(C)(C)C)c(OC(=O)CCC(=O)O)c(C(C)(C)C)c1. The Bertz CT molecular complexity index is 1440. The van der Waals surface area contributed by atoms with E-state index < -0.39 is 17.9 Å². The molecule has 9 heteroatoms. The maximum Gasteiger partial charge on any atom is 0.311 e. The Balaban J connectivity index is 2.66. The molecule has 0 aliphatic heterocycles. The fourth-order valence-electron chi connectivity index (χ4n) is 5.07. The molecule has 1 N–H and O–H groups in total. The van der Waals surface area contributed by atoms with E-state index in [4.69, 9.17) is 14.6 Å². The average Bonchev–Trinajstić information content (AvgIpc) is 2.89. The van der Waals surface area contributed by atoms with Crippen molar-refractivity contribution in [3.8, 4) is 11.5 Å². The molecule has 266 valence electrons. The van der Waals surface area contributed by atoms with Crippen LogP contribution >= 0.6 is 23.5 Å². The fourth-order valence-corrected chi connectivity index (χ4v) is 7.66. The van der Waals surface area contributed by atoms with Crippen molar-refractivity contribution in [2.24, 2.45) is 0 Å². The van der Waals surface area contributed by atoms with Crippen LogP contribution in [0, 0.1) is 0 Å². The number of thioether (sulfide) groups is 2.